The molecule has 0 fully saturated rings. The van der Waals surface area contributed by atoms with Crippen molar-refractivity contribution in [1.82, 2.24) is 0 Å². The van der Waals surface area contributed by atoms with Crippen molar-refractivity contribution >= 4 is 21.6 Å². The van der Waals surface area contributed by atoms with Crippen molar-refractivity contribution in [2.24, 2.45) is 0 Å². The van der Waals surface area contributed by atoms with Crippen LogP contribution in [0.5, 0.6) is 0 Å². The van der Waals surface area contributed by atoms with Gasteiger partial charge in [0, 0.05) is 4.47 Å². The van der Waals surface area contributed by atoms with E-state index in [1.165, 1.54) is 12.1 Å². The van der Waals surface area contributed by atoms with Gasteiger partial charge in [-0.2, -0.15) is 0 Å². The van der Waals surface area contributed by atoms with Crippen LogP contribution in [0.15, 0.2) is 22.6 Å². The third kappa shape index (κ3) is 1.42. The average molecular weight is 191 g/mol. The zero-order valence-electron chi connectivity index (χ0n) is 5.49. The van der Waals surface area contributed by atoms with Crippen LogP contribution in [0.3, 0.4) is 0 Å². The summed E-state index contributed by atoms with van der Waals surface area (Å²) in [5.74, 6) is -0.556. The van der Waals surface area contributed by atoms with Gasteiger partial charge in [-0.25, -0.2) is 4.39 Å². The third-order valence-electron chi connectivity index (χ3n) is 0.887. The summed E-state index contributed by atoms with van der Waals surface area (Å²) in [7, 11) is 0. The standard InChI is InChI=1S/C6H5BrFN/c7-4-1-2-6(9)5(8)3-4/h1-3H,9H2/i2D. The first kappa shape index (κ1) is 5.23. The maximum atomic E-state index is 12.6. The Hall–Kier alpha value is -0.570. The van der Waals surface area contributed by atoms with Gasteiger partial charge in [0.1, 0.15) is 5.82 Å². The zero-order valence-corrected chi connectivity index (χ0v) is 6.07. The molecule has 0 saturated heterocycles. The van der Waals surface area contributed by atoms with Crippen molar-refractivity contribution < 1.29 is 5.76 Å². The maximum absolute atomic E-state index is 12.6. The van der Waals surface area contributed by atoms with Crippen molar-refractivity contribution in [3.8, 4) is 0 Å². The Balaban J connectivity index is 3.31. The summed E-state index contributed by atoms with van der Waals surface area (Å²) >= 11 is 3.03. The van der Waals surface area contributed by atoms with Crippen LogP contribution in [0.4, 0.5) is 10.1 Å². The lowest BCUT2D eigenvalue weighted by molar-refractivity contribution is 0.631. The Morgan fingerprint density at radius 3 is 3.00 bits per heavy atom. The first-order valence-electron chi connectivity index (χ1n) is 2.82. The van der Waals surface area contributed by atoms with Gasteiger partial charge in [-0.05, 0) is 18.2 Å². The fourth-order valence-electron chi connectivity index (χ4n) is 0.456. The number of rotatable bonds is 0. The van der Waals surface area contributed by atoms with E-state index in [1.54, 1.807) is 0 Å². The second kappa shape index (κ2) is 2.35. The molecule has 9 heavy (non-hydrogen) atoms. The lowest BCUT2D eigenvalue weighted by atomic mass is 10.3. The topological polar surface area (TPSA) is 26.0 Å². The lowest BCUT2D eigenvalue weighted by Crippen LogP contribution is -1.88. The highest BCUT2D eigenvalue weighted by Crippen LogP contribution is 2.15. The summed E-state index contributed by atoms with van der Waals surface area (Å²) < 4.78 is 20.2. The summed E-state index contributed by atoms with van der Waals surface area (Å²) in [4.78, 5) is 0. The van der Waals surface area contributed by atoms with Gasteiger partial charge < -0.3 is 5.73 Å². The number of hydrogen-bond acceptors (Lipinski definition) is 1. The molecule has 48 valence electrons. The van der Waals surface area contributed by atoms with E-state index in [-0.39, 0.29) is 11.7 Å². The molecule has 3 heteroatoms. The van der Waals surface area contributed by atoms with E-state index in [9.17, 15) is 4.39 Å². The maximum Gasteiger partial charge on any atom is 0.147 e. The minimum Gasteiger partial charge on any atom is -0.396 e. The fourth-order valence-corrected chi connectivity index (χ4v) is 0.772. The first-order chi connectivity index (χ1) is 4.61. The lowest BCUT2D eigenvalue weighted by Gasteiger charge is -1.93. The quantitative estimate of drug-likeness (QED) is 0.624. The first-order valence-corrected chi connectivity index (χ1v) is 3.11. The molecular weight excluding hydrogens is 185 g/mol. The third-order valence-corrected chi connectivity index (χ3v) is 1.35. The van der Waals surface area contributed by atoms with Crippen LogP contribution in [0.2, 0.25) is 0 Å². The Labute approximate surface area is 62.2 Å². The van der Waals surface area contributed by atoms with E-state index in [2.05, 4.69) is 15.9 Å². The van der Waals surface area contributed by atoms with Gasteiger partial charge in [0.2, 0.25) is 0 Å². The normalized spacial score (nSPS) is 11.1. The van der Waals surface area contributed by atoms with Gasteiger partial charge >= 0.3 is 0 Å². The van der Waals surface area contributed by atoms with Crippen molar-refractivity contribution in [1.29, 1.82) is 0 Å². The Morgan fingerprint density at radius 2 is 2.44 bits per heavy atom. The minimum atomic E-state index is -0.556. The largest absolute Gasteiger partial charge is 0.396 e. The van der Waals surface area contributed by atoms with Crippen molar-refractivity contribution in [3.05, 3.63) is 28.5 Å². The van der Waals surface area contributed by atoms with Gasteiger partial charge in [0.25, 0.3) is 0 Å². The number of halogens is 2. The van der Waals surface area contributed by atoms with Crippen LogP contribution in [0.25, 0.3) is 0 Å². The molecule has 1 aromatic rings. The highest BCUT2D eigenvalue weighted by Gasteiger charge is 1.95. The molecule has 1 nitrogen and oxygen atoms in total. The molecule has 0 aliphatic heterocycles. The van der Waals surface area contributed by atoms with Gasteiger partial charge in [0.15, 0.2) is 0 Å². The summed E-state index contributed by atoms with van der Waals surface area (Å²) in [5, 5.41) is 0. The molecule has 1 rings (SSSR count). The highest BCUT2D eigenvalue weighted by molar-refractivity contribution is 9.10. The van der Waals surface area contributed by atoms with Gasteiger partial charge in [0.05, 0.1) is 7.06 Å². The van der Waals surface area contributed by atoms with Crippen LogP contribution in [-0.4, -0.2) is 0 Å². The summed E-state index contributed by atoms with van der Waals surface area (Å²) in [6.07, 6.45) is 0. The number of hydrogen-bond donors (Lipinski definition) is 1. The molecule has 1 aromatic carbocycles. The average Bonchev–Trinajstić information content (AvgIpc) is 1.82. The molecule has 2 N–H and O–H groups in total. The zero-order chi connectivity index (χ0) is 7.72. The molecule has 0 aromatic heterocycles. The molecule has 0 heterocycles. The SMILES string of the molecule is [2H]c1cc(Br)cc(F)c1N. The molecule has 0 radical (unpaired) electrons. The molecule has 0 bridgehead atoms. The molecule has 0 unspecified atom stereocenters. The molecule has 0 aliphatic rings. The summed E-state index contributed by atoms with van der Waals surface area (Å²) in [6, 6.07) is 2.68. The summed E-state index contributed by atoms with van der Waals surface area (Å²) in [5.41, 5.74) is 5.06. The van der Waals surface area contributed by atoms with E-state index in [4.69, 9.17) is 7.10 Å². The Bertz CT molecular complexity index is 241. The smallest absolute Gasteiger partial charge is 0.147 e. The van der Waals surface area contributed by atoms with Crippen LogP contribution in [0, 0.1) is 5.82 Å². The van der Waals surface area contributed by atoms with Crippen molar-refractivity contribution in [2.75, 3.05) is 5.73 Å². The Kier molecular flexibility index (Phi) is 1.37. The predicted octanol–water partition coefficient (Wildman–Crippen LogP) is 2.17. The highest BCUT2D eigenvalue weighted by atomic mass is 79.9. The van der Waals surface area contributed by atoms with E-state index < -0.39 is 5.82 Å². The van der Waals surface area contributed by atoms with E-state index in [1.807, 2.05) is 0 Å². The van der Waals surface area contributed by atoms with Crippen molar-refractivity contribution in [3.63, 3.8) is 0 Å². The van der Waals surface area contributed by atoms with Gasteiger partial charge in [-0.15, -0.1) is 0 Å². The van der Waals surface area contributed by atoms with Crippen molar-refractivity contribution in [2.45, 2.75) is 0 Å². The summed E-state index contributed by atoms with van der Waals surface area (Å²) in [6.45, 7) is 0. The minimum absolute atomic E-state index is 0.00637. The number of anilines is 1. The predicted molar refractivity (Wildman–Crippen MR) is 38.5 cm³/mol. The monoisotopic (exact) mass is 190 g/mol. The van der Waals surface area contributed by atoms with Gasteiger partial charge in [-0.1, -0.05) is 15.9 Å². The number of nitrogen functional groups attached to an aromatic ring is 1. The van der Waals surface area contributed by atoms with Gasteiger partial charge in [-0.3, -0.25) is 0 Å². The van der Waals surface area contributed by atoms with Crippen LogP contribution in [-0.2, 0) is 0 Å². The molecular formula is C6H5BrFN. The second-order valence-corrected chi connectivity index (χ2v) is 2.50. The number of benzene rings is 1. The molecule has 0 amide bonds. The van der Waals surface area contributed by atoms with Crippen LogP contribution < -0.4 is 5.73 Å². The fraction of sp³-hybridized carbons (Fsp3) is 0. The Morgan fingerprint density at radius 1 is 1.78 bits per heavy atom. The van der Waals surface area contributed by atoms with E-state index >= 15 is 0 Å². The number of nitrogens with two attached hydrogens (primary N) is 1. The molecule has 0 atom stereocenters. The van der Waals surface area contributed by atoms with E-state index in [0.29, 0.717) is 4.47 Å². The molecule has 0 spiro atoms. The molecule has 0 saturated carbocycles. The van der Waals surface area contributed by atoms with E-state index in [0.717, 1.165) is 0 Å². The van der Waals surface area contributed by atoms with Crippen LogP contribution in [0.1, 0.15) is 1.37 Å². The molecule has 0 aliphatic carbocycles. The second-order valence-electron chi connectivity index (χ2n) is 1.58. The van der Waals surface area contributed by atoms with Crippen LogP contribution >= 0.6 is 15.9 Å².